The zero-order valence-electron chi connectivity index (χ0n) is 18.8. The van der Waals surface area contributed by atoms with E-state index in [1.807, 2.05) is 51.1 Å². The van der Waals surface area contributed by atoms with Crippen molar-refractivity contribution in [1.29, 1.82) is 0 Å². The summed E-state index contributed by atoms with van der Waals surface area (Å²) in [5.74, 6) is 0.219. The summed E-state index contributed by atoms with van der Waals surface area (Å²) in [6.07, 6.45) is 0. The normalized spacial score (nSPS) is 10.4. The lowest BCUT2D eigenvalue weighted by Gasteiger charge is -2.14. The number of rotatable bonds is 7. The van der Waals surface area contributed by atoms with Crippen LogP contribution in [0.3, 0.4) is 0 Å². The summed E-state index contributed by atoms with van der Waals surface area (Å²) < 4.78 is 5.75. The second-order valence-electron chi connectivity index (χ2n) is 8.01. The van der Waals surface area contributed by atoms with Gasteiger partial charge in [0.25, 0.3) is 11.8 Å². The fourth-order valence-corrected chi connectivity index (χ4v) is 3.24. The molecule has 0 heterocycles. The van der Waals surface area contributed by atoms with E-state index in [9.17, 15) is 9.59 Å². The van der Waals surface area contributed by atoms with Gasteiger partial charge in [-0.1, -0.05) is 44.2 Å². The van der Waals surface area contributed by atoms with Crippen LogP contribution < -0.4 is 20.7 Å². The van der Waals surface area contributed by atoms with Crippen molar-refractivity contribution in [2.24, 2.45) is 5.92 Å². The van der Waals surface area contributed by atoms with Crippen molar-refractivity contribution in [3.8, 4) is 5.75 Å². The van der Waals surface area contributed by atoms with Crippen LogP contribution in [0.5, 0.6) is 5.75 Å². The molecule has 7 heteroatoms. The van der Waals surface area contributed by atoms with E-state index >= 15 is 0 Å². The van der Waals surface area contributed by atoms with Gasteiger partial charge in [0.05, 0.1) is 12.2 Å². The second kappa shape index (κ2) is 11.2. The highest BCUT2D eigenvalue weighted by Crippen LogP contribution is 2.19. The Morgan fingerprint density at radius 1 is 0.879 bits per heavy atom. The van der Waals surface area contributed by atoms with Crippen molar-refractivity contribution in [3.63, 3.8) is 0 Å². The minimum Gasteiger partial charge on any atom is -0.492 e. The Bertz CT molecular complexity index is 1160. The standard InChI is InChI=1S/C26H27N3O3S/c1-17(2)16-32-23-13-5-4-12-22(23)25(31)29-26(33)28-21-11-7-9-19(15-21)24(30)27-20-10-6-8-18(3)14-20/h4-15,17H,16H2,1-3H3,(H,27,30)(H2,28,29,31,33). The Morgan fingerprint density at radius 2 is 1.58 bits per heavy atom. The zero-order valence-corrected chi connectivity index (χ0v) is 19.7. The number of benzene rings is 3. The number of amides is 2. The fourth-order valence-electron chi connectivity index (χ4n) is 3.03. The molecule has 0 bridgehead atoms. The molecular weight excluding hydrogens is 434 g/mol. The molecule has 3 aromatic rings. The van der Waals surface area contributed by atoms with Crippen LogP contribution in [0.15, 0.2) is 72.8 Å². The minimum atomic E-state index is -0.375. The highest BCUT2D eigenvalue weighted by atomic mass is 32.1. The van der Waals surface area contributed by atoms with E-state index in [2.05, 4.69) is 16.0 Å². The van der Waals surface area contributed by atoms with Gasteiger partial charge in [-0.3, -0.25) is 14.9 Å². The molecule has 0 aliphatic heterocycles. The molecule has 2 amide bonds. The van der Waals surface area contributed by atoms with Crippen LogP contribution in [0.4, 0.5) is 11.4 Å². The van der Waals surface area contributed by atoms with Gasteiger partial charge in [0.15, 0.2) is 5.11 Å². The lowest BCUT2D eigenvalue weighted by atomic mass is 10.1. The van der Waals surface area contributed by atoms with Crippen molar-refractivity contribution in [1.82, 2.24) is 5.32 Å². The van der Waals surface area contributed by atoms with Crippen LogP contribution >= 0.6 is 12.2 Å². The Kier molecular flexibility index (Phi) is 8.16. The fraction of sp³-hybridized carbons (Fsp3) is 0.192. The average Bonchev–Trinajstić information content (AvgIpc) is 2.78. The van der Waals surface area contributed by atoms with Gasteiger partial charge in [-0.15, -0.1) is 0 Å². The monoisotopic (exact) mass is 461 g/mol. The van der Waals surface area contributed by atoms with Crippen molar-refractivity contribution < 1.29 is 14.3 Å². The summed E-state index contributed by atoms with van der Waals surface area (Å²) in [5.41, 5.74) is 3.22. The lowest BCUT2D eigenvalue weighted by molar-refractivity contribution is 0.0971. The molecule has 3 rings (SSSR count). The highest BCUT2D eigenvalue weighted by Gasteiger charge is 2.14. The van der Waals surface area contributed by atoms with Gasteiger partial charge in [-0.2, -0.15) is 0 Å². The molecule has 0 radical (unpaired) electrons. The van der Waals surface area contributed by atoms with E-state index in [4.69, 9.17) is 17.0 Å². The van der Waals surface area contributed by atoms with E-state index < -0.39 is 0 Å². The third-order valence-corrected chi connectivity index (χ3v) is 4.79. The molecule has 0 saturated carbocycles. The molecule has 3 N–H and O–H groups in total. The van der Waals surface area contributed by atoms with Crippen LogP contribution in [0.2, 0.25) is 0 Å². The third-order valence-electron chi connectivity index (χ3n) is 4.59. The molecule has 6 nitrogen and oxygen atoms in total. The predicted octanol–water partition coefficient (Wildman–Crippen LogP) is 5.41. The van der Waals surface area contributed by atoms with Gasteiger partial charge in [0.1, 0.15) is 5.75 Å². The van der Waals surface area contributed by atoms with Gasteiger partial charge in [-0.05, 0) is 73.1 Å². The Labute approximate surface area is 199 Å². The maximum absolute atomic E-state index is 12.7. The Balaban J connectivity index is 1.63. The number of nitrogens with one attached hydrogen (secondary N) is 3. The van der Waals surface area contributed by atoms with Crippen molar-refractivity contribution in [2.45, 2.75) is 20.8 Å². The van der Waals surface area contributed by atoms with Crippen molar-refractivity contribution in [2.75, 3.05) is 17.2 Å². The number of para-hydroxylation sites is 1. The summed E-state index contributed by atoms with van der Waals surface area (Å²) in [7, 11) is 0. The van der Waals surface area contributed by atoms with Crippen LogP contribution in [0, 0.1) is 12.8 Å². The van der Waals surface area contributed by atoms with Crippen molar-refractivity contribution in [3.05, 3.63) is 89.5 Å². The number of thiocarbonyl (C=S) groups is 1. The molecule has 0 atom stereocenters. The first kappa shape index (κ1) is 23.9. The maximum Gasteiger partial charge on any atom is 0.261 e. The van der Waals surface area contributed by atoms with Crippen molar-refractivity contribution >= 4 is 40.5 Å². The molecule has 0 fully saturated rings. The first-order valence-corrected chi connectivity index (χ1v) is 11.0. The number of carbonyl (C=O) groups is 2. The summed E-state index contributed by atoms with van der Waals surface area (Å²) in [6, 6.07) is 21.5. The molecular formula is C26H27N3O3S. The Hall–Kier alpha value is -3.71. The van der Waals surface area contributed by atoms with E-state index in [0.717, 1.165) is 11.3 Å². The molecule has 33 heavy (non-hydrogen) atoms. The van der Waals surface area contributed by atoms with E-state index in [-0.39, 0.29) is 16.9 Å². The van der Waals surface area contributed by atoms with Gasteiger partial charge >= 0.3 is 0 Å². The van der Waals surface area contributed by atoms with Gasteiger partial charge in [0.2, 0.25) is 0 Å². The third kappa shape index (κ3) is 7.15. The quantitative estimate of drug-likeness (QED) is 0.410. The molecule has 3 aromatic carbocycles. The highest BCUT2D eigenvalue weighted by molar-refractivity contribution is 7.80. The van der Waals surface area contributed by atoms with Crippen LogP contribution in [0.1, 0.15) is 40.1 Å². The minimum absolute atomic E-state index is 0.120. The summed E-state index contributed by atoms with van der Waals surface area (Å²) in [6.45, 7) is 6.54. The molecule has 0 aromatic heterocycles. The summed E-state index contributed by atoms with van der Waals surface area (Å²) in [5, 5.41) is 8.62. The van der Waals surface area contributed by atoms with Gasteiger partial charge in [0, 0.05) is 16.9 Å². The van der Waals surface area contributed by atoms with E-state index in [1.54, 1.807) is 42.5 Å². The number of hydrogen-bond acceptors (Lipinski definition) is 4. The topological polar surface area (TPSA) is 79.5 Å². The molecule has 170 valence electrons. The average molecular weight is 462 g/mol. The smallest absolute Gasteiger partial charge is 0.261 e. The van der Waals surface area contributed by atoms with Crippen LogP contribution in [-0.2, 0) is 0 Å². The van der Waals surface area contributed by atoms with E-state index in [0.29, 0.717) is 35.1 Å². The summed E-state index contributed by atoms with van der Waals surface area (Å²) in [4.78, 5) is 25.4. The number of aryl methyl sites for hydroxylation is 1. The molecule has 0 unspecified atom stereocenters. The summed E-state index contributed by atoms with van der Waals surface area (Å²) >= 11 is 5.31. The maximum atomic E-state index is 12.7. The largest absolute Gasteiger partial charge is 0.492 e. The molecule has 0 aliphatic carbocycles. The molecule has 0 spiro atoms. The zero-order chi connectivity index (χ0) is 23.8. The number of hydrogen-bond donors (Lipinski definition) is 3. The molecule has 0 aliphatic rings. The number of ether oxygens (including phenoxy) is 1. The lowest BCUT2D eigenvalue weighted by Crippen LogP contribution is -2.34. The van der Waals surface area contributed by atoms with Crippen LogP contribution in [0.25, 0.3) is 0 Å². The van der Waals surface area contributed by atoms with E-state index in [1.165, 1.54) is 0 Å². The molecule has 0 saturated heterocycles. The first-order valence-electron chi connectivity index (χ1n) is 10.6. The number of anilines is 2. The predicted molar refractivity (Wildman–Crippen MR) is 136 cm³/mol. The second-order valence-corrected chi connectivity index (χ2v) is 8.42. The first-order chi connectivity index (χ1) is 15.8. The van der Waals surface area contributed by atoms with Gasteiger partial charge in [-0.25, -0.2) is 0 Å². The van der Waals surface area contributed by atoms with Gasteiger partial charge < -0.3 is 15.4 Å². The SMILES string of the molecule is Cc1cccc(NC(=O)c2cccc(NC(=S)NC(=O)c3ccccc3OCC(C)C)c2)c1. The number of carbonyl (C=O) groups excluding carboxylic acids is 2. The Morgan fingerprint density at radius 3 is 2.30 bits per heavy atom. The van der Waals surface area contributed by atoms with Crippen LogP contribution in [-0.4, -0.2) is 23.5 Å².